The van der Waals surface area contributed by atoms with Crippen molar-refractivity contribution in [2.24, 2.45) is 0 Å². The highest BCUT2D eigenvalue weighted by atomic mass is 16.5. The predicted molar refractivity (Wildman–Crippen MR) is 65.8 cm³/mol. The standard InChI is InChI=1S/C13H18N2O2/c1-14(2)8-9-15-12(16)10-6-4-5-7-11(10)13(15)17-3/h4-7,13H,8-9H2,1-3H3/t13-/m1/s1. The van der Waals surface area contributed by atoms with Crippen molar-refractivity contribution in [1.82, 2.24) is 9.80 Å². The molecule has 0 saturated carbocycles. The quantitative estimate of drug-likeness (QED) is 0.788. The first-order valence-corrected chi connectivity index (χ1v) is 5.72. The highest BCUT2D eigenvalue weighted by Gasteiger charge is 2.35. The van der Waals surface area contributed by atoms with Gasteiger partial charge in [0.05, 0.1) is 0 Å². The molecule has 1 aliphatic heterocycles. The van der Waals surface area contributed by atoms with Gasteiger partial charge in [0.2, 0.25) is 0 Å². The molecule has 1 heterocycles. The van der Waals surface area contributed by atoms with Crippen molar-refractivity contribution in [2.75, 3.05) is 34.3 Å². The molecule has 1 aromatic rings. The van der Waals surface area contributed by atoms with Gasteiger partial charge in [-0.2, -0.15) is 0 Å². The maximum atomic E-state index is 12.2. The number of hydrogen-bond donors (Lipinski definition) is 0. The second-order valence-corrected chi connectivity index (χ2v) is 4.48. The fraction of sp³-hybridized carbons (Fsp3) is 0.462. The first-order valence-electron chi connectivity index (χ1n) is 5.72. The molecule has 0 spiro atoms. The molecule has 4 nitrogen and oxygen atoms in total. The zero-order valence-corrected chi connectivity index (χ0v) is 10.5. The van der Waals surface area contributed by atoms with Gasteiger partial charge in [0.15, 0.2) is 6.23 Å². The summed E-state index contributed by atoms with van der Waals surface area (Å²) in [5.41, 5.74) is 1.73. The van der Waals surface area contributed by atoms with Crippen LogP contribution in [-0.4, -0.2) is 50.0 Å². The van der Waals surface area contributed by atoms with Crippen LogP contribution < -0.4 is 0 Å². The molecule has 2 rings (SSSR count). The van der Waals surface area contributed by atoms with E-state index >= 15 is 0 Å². The summed E-state index contributed by atoms with van der Waals surface area (Å²) in [5, 5.41) is 0. The number of amides is 1. The first-order chi connectivity index (χ1) is 8.15. The molecule has 1 atom stereocenters. The maximum Gasteiger partial charge on any atom is 0.256 e. The molecule has 0 saturated heterocycles. The number of benzene rings is 1. The maximum absolute atomic E-state index is 12.2. The molecule has 0 unspecified atom stereocenters. The van der Waals surface area contributed by atoms with Gasteiger partial charge in [-0.05, 0) is 20.2 Å². The number of methoxy groups -OCH3 is 1. The molecule has 0 bridgehead atoms. The topological polar surface area (TPSA) is 32.8 Å². The minimum absolute atomic E-state index is 0.0642. The van der Waals surface area contributed by atoms with E-state index in [1.54, 1.807) is 12.0 Å². The van der Waals surface area contributed by atoms with Gasteiger partial charge in [0, 0.05) is 31.3 Å². The number of carbonyl (C=O) groups is 1. The van der Waals surface area contributed by atoms with Crippen molar-refractivity contribution in [1.29, 1.82) is 0 Å². The van der Waals surface area contributed by atoms with E-state index in [4.69, 9.17) is 4.74 Å². The Balaban J connectivity index is 2.23. The molecule has 0 N–H and O–H groups in total. The van der Waals surface area contributed by atoms with E-state index in [1.807, 2.05) is 38.4 Å². The minimum Gasteiger partial charge on any atom is -0.357 e. The smallest absolute Gasteiger partial charge is 0.256 e. The van der Waals surface area contributed by atoms with Crippen LogP contribution in [0.15, 0.2) is 24.3 Å². The lowest BCUT2D eigenvalue weighted by Crippen LogP contribution is -2.35. The molecule has 0 fully saturated rings. The van der Waals surface area contributed by atoms with Gasteiger partial charge in [0.25, 0.3) is 5.91 Å². The van der Waals surface area contributed by atoms with E-state index in [0.29, 0.717) is 6.54 Å². The van der Waals surface area contributed by atoms with E-state index in [-0.39, 0.29) is 12.1 Å². The van der Waals surface area contributed by atoms with Gasteiger partial charge < -0.3 is 14.5 Å². The average molecular weight is 234 g/mol. The Morgan fingerprint density at radius 2 is 2.06 bits per heavy atom. The monoisotopic (exact) mass is 234 g/mol. The third-order valence-electron chi connectivity index (χ3n) is 3.01. The molecule has 17 heavy (non-hydrogen) atoms. The molecular formula is C13H18N2O2. The largest absolute Gasteiger partial charge is 0.357 e. The number of nitrogens with zero attached hydrogens (tertiary/aromatic N) is 2. The third kappa shape index (κ3) is 2.18. The summed E-state index contributed by atoms with van der Waals surface area (Å²) in [6, 6.07) is 7.64. The number of hydrogen-bond acceptors (Lipinski definition) is 3. The lowest BCUT2D eigenvalue weighted by molar-refractivity contribution is -0.0142. The molecule has 0 aliphatic carbocycles. The van der Waals surface area contributed by atoms with Gasteiger partial charge in [-0.25, -0.2) is 0 Å². The normalized spacial score (nSPS) is 18.9. The summed E-state index contributed by atoms with van der Waals surface area (Å²) in [6.07, 6.45) is -0.237. The highest BCUT2D eigenvalue weighted by Crippen LogP contribution is 2.33. The van der Waals surface area contributed by atoms with Crippen molar-refractivity contribution in [3.8, 4) is 0 Å². The summed E-state index contributed by atoms with van der Waals surface area (Å²) in [5.74, 6) is 0.0642. The van der Waals surface area contributed by atoms with E-state index in [9.17, 15) is 4.79 Å². The Labute approximate surface area is 102 Å². The lowest BCUT2D eigenvalue weighted by Gasteiger charge is -2.25. The van der Waals surface area contributed by atoms with Crippen LogP contribution >= 0.6 is 0 Å². The zero-order chi connectivity index (χ0) is 12.4. The summed E-state index contributed by atoms with van der Waals surface area (Å²) < 4.78 is 5.44. The van der Waals surface area contributed by atoms with Crippen LogP contribution in [0.3, 0.4) is 0 Å². The molecule has 1 aromatic carbocycles. The number of carbonyl (C=O) groups excluding carboxylic acids is 1. The Morgan fingerprint density at radius 1 is 1.35 bits per heavy atom. The second-order valence-electron chi connectivity index (χ2n) is 4.48. The van der Waals surface area contributed by atoms with Crippen molar-refractivity contribution in [3.05, 3.63) is 35.4 Å². The lowest BCUT2D eigenvalue weighted by atomic mass is 10.1. The SMILES string of the molecule is CO[C@@H]1c2ccccc2C(=O)N1CCN(C)C. The molecule has 1 amide bonds. The van der Waals surface area contributed by atoms with Gasteiger partial charge in [0.1, 0.15) is 0 Å². The Bertz CT molecular complexity index is 418. The van der Waals surface area contributed by atoms with Crippen LogP contribution in [0.4, 0.5) is 0 Å². The molecule has 92 valence electrons. The van der Waals surface area contributed by atoms with Crippen LogP contribution in [0.5, 0.6) is 0 Å². The Kier molecular flexibility index (Phi) is 3.45. The van der Waals surface area contributed by atoms with Crippen LogP contribution in [-0.2, 0) is 4.74 Å². The molecule has 1 aliphatic rings. The van der Waals surface area contributed by atoms with Crippen LogP contribution in [0.2, 0.25) is 0 Å². The van der Waals surface area contributed by atoms with Crippen molar-refractivity contribution in [2.45, 2.75) is 6.23 Å². The van der Waals surface area contributed by atoms with E-state index < -0.39 is 0 Å². The van der Waals surface area contributed by atoms with Crippen LogP contribution in [0.25, 0.3) is 0 Å². The summed E-state index contributed by atoms with van der Waals surface area (Å²) in [7, 11) is 5.63. The van der Waals surface area contributed by atoms with E-state index in [1.165, 1.54) is 0 Å². The third-order valence-corrected chi connectivity index (χ3v) is 3.01. The molecular weight excluding hydrogens is 216 g/mol. The fourth-order valence-corrected chi connectivity index (χ4v) is 2.12. The molecule has 0 aromatic heterocycles. The highest BCUT2D eigenvalue weighted by molar-refractivity contribution is 5.98. The van der Waals surface area contributed by atoms with E-state index in [2.05, 4.69) is 4.90 Å². The van der Waals surface area contributed by atoms with Gasteiger partial charge in [-0.1, -0.05) is 18.2 Å². The van der Waals surface area contributed by atoms with Crippen LogP contribution in [0.1, 0.15) is 22.1 Å². The van der Waals surface area contributed by atoms with Gasteiger partial charge >= 0.3 is 0 Å². The van der Waals surface area contributed by atoms with Crippen molar-refractivity contribution in [3.63, 3.8) is 0 Å². The minimum atomic E-state index is -0.237. The summed E-state index contributed by atoms with van der Waals surface area (Å²) >= 11 is 0. The number of likely N-dealkylation sites (N-methyl/N-ethyl adjacent to an activating group) is 1. The Morgan fingerprint density at radius 3 is 2.71 bits per heavy atom. The first kappa shape index (κ1) is 12.1. The molecule has 0 radical (unpaired) electrons. The van der Waals surface area contributed by atoms with Crippen molar-refractivity contribution < 1.29 is 9.53 Å². The second kappa shape index (κ2) is 4.85. The number of fused-ring (bicyclic) bond motifs is 1. The number of rotatable bonds is 4. The fourth-order valence-electron chi connectivity index (χ4n) is 2.12. The Hall–Kier alpha value is -1.39. The summed E-state index contributed by atoms with van der Waals surface area (Å²) in [6.45, 7) is 1.51. The summed E-state index contributed by atoms with van der Waals surface area (Å²) in [4.78, 5) is 16.0. The van der Waals surface area contributed by atoms with Crippen molar-refractivity contribution >= 4 is 5.91 Å². The zero-order valence-electron chi connectivity index (χ0n) is 10.5. The average Bonchev–Trinajstić information content (AvgIpc) is 2.60. The van der Waals surface area contributed by atoms with Gasteiger partial charge in [-0.15, -0.1) is 0 Å². The van der Waals surface area contributed by atoms with E-state index in [0.717, 1.165) is 17.7 Å². The number of ether oxygens (including phenoxy) is 1. The van der Waals surface area contributed by atoms with Crippen LogP contribution in [0, 0.1) is 0 Å². The predicted octanol–water partition coefficient (Wildman–Crippen LogP) is 1.35. The molecule has 4 heteroatoms. The van der Waals surface area contributed by atoms with Gasteiger partial charge in [-0.3, -0.25) is 4.79 Å².